The van der Waals surface area contributed by atoms with E-state index in [1.165, 1.54) is 0 Å². The van der Waals surface area contributed by atoms with Gasteiger partial charge in [0.1, 0.15) is 0 Å². The van der Waals surface area contributed by atoms with Crippen LogP contribution in [0.1, 0.15) is 20.3 Å². The Kier molecular flexibility index (Phi) is 5.49. The van der Waals surface area contributed by atoms with Crippen LogP contribution >= 0.6 is 0 Å². The predicted octanol–water partition coefficient (Wildman–Crippen LogP) is 1.89. The summed E-state index contributed by atoms with van der Waals surface area (Å²) in [4.78, 5) is 0. The lowest BCUT2D eigenvalue weighted by molar-refractivity contribution is 0.137. The van der Waals surface area contributed by atoms with Gasteiger partial charge in [-0.15, -0.1) is 0 Å². The van der Waals surface area contributed by atoms with Gasteiger partial charge in [0.15, 0.2) is 0 Å². The first kappa shape index (κ1) is 9.82. The van der Waals surface area contributed by atoms with Gasteiger partial charge in [0.25, 0.3) is 0 Å². The number of nitrogens with one attached hydrogen (secondary N) is 1. The molecule has 1 nitrogen and oxygen atoms in total. The average Bonchev–Trinajstić information content (AvgIpc) is 1.79. The van der Waals surface area contributed by atoms with E-state index in [4.69, 9.17) is 0 Å². The molecule has 1 N–H and O–H groups in total. The molecule has 0 aliphatic heterocycles. The van der Waals surface area contributed by atoms with Crippen LogP contribution in [0.3, 0.4) is 0 Å². The molecule has 0 aromatic rings. The van der Waals surface area contributed by atoms with Gasteiger partial charge >= 0.3 is 0 Å². The van der Waals surface area contributed by atoms with Gasteiger partial charge in [-0.1, -0.05) is 13.8 Å². The van der Waals surface area contributed by atoms with E-state index >= 15 is 0 Å². The second-order valence-corrected chi connectivity index (χ2v) is 2.78. The van der Waals surface area contributed by atoms with Crippen LogP contribution in [0.2, 0.25) is 0 Å². The van der Waals surface area contributed by atoms with Crippen LogP contribution in [0.5, 0.6) is 0 Å². The second kappa shape index (κ2) is 5.59. The van der Waals surface area contributed by atoms with Crippen molar-refractivity contribution in [3.05, 3.63) is 0 Å². The Morgan fingerprint density at radius 2 is 1.90 bits per heavy atom. The largest absolute Gasteiger partial charge is 0.316 e. The minimum absolute atomic E-state index is 0.0350. The maximum Gasteiger partial charge on any atom is 0.239 e. The van der Waals surface area contributed by atoms with Crippen LogP contribution < -0.4 is 5.32 Å². The van der Waals surface area contributed by atoms with Crippen molar-refractivity contribution in [2.24, 2.45) is 5.92 Å². The summed E-state index contributed by atoms with van der Waals surface area (Å²) in [5.41, 5.74) is 0. The molecule has 0 aromatic heterocycles. The average molecular weight is 151 g/mol. The Hall–Kier alpha value is -0.180. The van der Waals surface area contributed by atoms with Crippen molar-refractivity contribution in [2.75, 3.05) is 13.1 Å². The van der Waals surface area contributed by atoms with Crippen LogP contribution in [0, 0.1) is 5.92 Å². The molecule has 0 aliphatic rings. The third kappa shape index (κ3) is 7.82. The molecular weight excluding hydrogens is 136 g/mol. The standard InChI is InChI=1S/C7H15F2N/c1-6(2)5-10-4-3-7(8)9/h6-7,10H,3-5H2,1-2H3. The molecule has 0 atom stereocenters. The number of hydrogen-bond acceptors (Lipinski definition) is 1. The number of rotatable bonds is 5. The summed E-state index contributed by atoms with van der Waals surface area (Å²) in [6, 6.07) is 0. The molecule has 0 heterocycles. The van der Waals surface area contributed by atoms with Crippen LogP contribution in [-0.4, -0.2) is 19.5 Å². The van der Waals surface area contributed by atoms with E-state index < -0.39 is 6.43 Å². The predicted molar refractivity (Wildman–Crippen MR) is 38.3 cm³/mol. The fourth-order valence-corrected chi connectivity index (χ4v) is 0.602. The first-order chi connectivity index (χ1) is 4.63. The minimum Gasteiger partial charge on any atom is -0.316 e. The van der Waals surface area contributed by atoms with Crippen molar-refractivity contribution in [3.8, 4) is 0 Å². The Morgan fingerprint density at radius 3 is 2.30 bits per heavy atom. The van der Waals surface area contributed by atoms with Gasteiger partial charge in [0.05, 0.1) is 0 Å². The van der Waals surface area contributed by atoms with Crippen LogP contribution in [0.25, 0.3) is 0 Å². The summed E-state index contributed by atoms with van der Waals surface area (Å²) in [6.45, 7) is 5.35. The molecule has 0 saturated carbocycles. The lowest BCUT2D eigenvalue weighted by atomic mass is 10.2. The summed E-state index contributed by atoms with van der Waals surface area (Å²) in [5.74, 6) is 0.540. The van der Waals surface area contributed by atoms with Gasteiger partial charge in [0, 0.05) is 13.0 Å². The fraction of sp³-hybridized carbons (Fsp3) is 1.00. The zero-order valence-corrected chi connectivity index (χ0v) is 6.53. The minimum atomic E-state index is -2.17. The normalized spacial score (nSPS) is 11.4. The van der Waals surface area contributed by atoms with Crippen molar-refractivity contribution in [2.45, 2.75) is 26.7 Å². The fourth-order valence-electron chi connectivity index (χ4n) is 0.602. The van der Waals surface area contributed by atoms with Crippen molar-refractivity contribution in [1.29, 1.82) is 0 Å². The highest BCUT2D eigenvalue weighted by Gasteiger charge is 2.00. The third-order valence-electron chi connectivity index (χ3n) is 1.09. The molecule has 0 amide bonds. The van der Waals surface area contributed by atoms with E-state index in [0.29, 0.717) is 12.5 Å². The van der Waals surface area contributed by atoms with Gasteiger partial charge < -0.3 is 5.32 Å². The van der Waals surface area contributed by atoms with Gasteiger partial charge in [-0.25, -0.2) is 8.78 Å². The van der Waals surface area contributed by atoms with E-state index in [1.54, 1.807) is 0 Å². The summed E-state index contributed by atoms with van der Waals surface area (Å²) in [5, 5.41) is 2.94. The first-order valence-electron chi connectivity index (χ1n) is 3.61. The summed E-state index contributed by atoms with van der Waals surface area (Å²) in [7, 11) is 0. The Bertz CT molecular complexity index is 64.0. The SMILES string of the molecule is CC(C)CNCCC(F)F. The Labute approximate surface area is 60.8 Å². The van der Waals surface area contributed by atoms with Gasteiger partial charge in [-0.3, -0.25) is 0 Å². The molecule has 0 saturated heterocycles. The molecular formula is C7H15F2N. The van der Waals surface area contributed by atoms with Crippen molar-refractivity contribution in [1.82, 2.24) is 5.32 Å². The molecule has 0 aliphatic carbocycles. The second-order valence-electron chi connectivity index (χ2n) is 2.78. The van der Waals surface area contributed by atoms with E-state index in [-0.39, 0.29) is 6.42 Å². The monoisotopic (exact) mass is 151 g/mol. The van der Waals surface area contributed by atoms with E-state index in [2.05, 4.69) is 19.2 Å². The van der Waals surface area contributed by atoms with Crippen molar-refractivity contribution < 1.29 is 8.78 Å². The molecule has 0 unspecified atom stereocenters. The van der Waals surface area contributed by atoms with E-state index in [0.717, 1.165) is 6.54 Å². The quantitative estimate of drug-likeness (QED) is 0.591. The first-order valence-corrected chi connectivity index (χ1v) is 3.61. The lowest BCUT2D eigenvalue weighted by Crippen LogP contribution is -2.22. The lowest BCUT2D eigenvalue weighted by Gasteiger charge is -2.05. The molecule has 0 bridgehead atoms. The molecule has 62 valence electrons. The summed E-state index contributed by atoms with van der Waals surface area (Å²) in [6.07, 6.45) is -2.20. The summed E-state index contributed by atoms with van der Waals surface area (Å²) < 4.78 is 23.0. The third-order valence-corrected chi connectivity index (χ3v) is 1.09. The molecule has 0 rings (SSSR count). The van der Waals surface area contributed by atoms with Gasteiger partial charge in [0.2, 0.25) is 6.43 Å². The van der Waals surface area contributed by atoms with Crippen LogP contribution in [-0.2, 0) is 0 Å². The Balaban J connectivity index is 2.91. The Morgan fingerprint density at radius 1 is 1.30 bits per heavy atom. The molecule has 0 radical (unpaired) electrons. The molecule has 0 spiro atoms. The zero-order chi connectivity index (χ0) is 7.98. The van der Waals surface area contributed by atoms with Gasteiger partial charge in [-0.05, 0) is 12.5 Å². The van der Waals surface area contributed by atoms with Crippen molar-refractivity contribution in [3.63, 3.8) is 0 Å². The van der Waals surface area contributed by atoms with E-state index in [9.17, 15) is 8.78 Å². The summed E-state index contributed by atoms with van der Waals surface area (Å²) >= 11 is 0. The molecule has 0 fully saturated rings. The maximum atomic E-state index is 11.5. The van der Waals surface area contributed by atoms with Crippen LogP contribution in [0.15, 0.2) is 0 Å². The number of halogens is 2. The number of alkyl halides is 2. The number of hydrogen-bond donors (Lipinski definition) is 1. The molecule has 10 heavy (non-hydrogen) atoms. The van der Waals surface area contributed by atoms with Gasteiger partial charge in [-0.2, -0.15) is 0 Å². The highest BCUT2D eigenvalue weighted by atomic mass is 19.3. The highest BCUT2D eigenvalue weighted by molar-refractivity contribution is 4.51. The molecule has 0 aromatic carbocycles. The van der Waals surface area contributed by atoms with Crippen LogP contribution in [0.4, 0.5) is 8.78 Å². The maximum absolute atomic E-state index is 11.5. The van der Waals surface area contributed by atoms with E-state index in [1.807, 2.05) is 0 Å². The topological polar surface area (TPSA) is 12.0 Å². The molecule has 3 heteroatoms. The zero-order valence-electron chi connectivity index (χ0n) is 6.53. The smallest absolute Gasteiger partial charge is 0.239 e. The van der Waals surface area contributed by atoms with Crippen molar-refractivity contribution >= 4 is 0 Å². The highest BCUT2D eigenvalue weighted by Crippen LogP contribution is 1.96.